The summed E-state index contributed by atoms with van der Waals surface area (Å²) >= 11 is 3.25. The molecule has 7 heteroatoms. The molecule has 2 heterocycles. The molecule has 0 bridgehead atoms. The lowest BCUT2D eigenvalue weighted by atomic mass is 9.92. The van der Waals surface area contributed by atoms with Crippen LogP contribution in [0.4, 0.5) is 8.78 Å². The first-order valence-electron chi connectivity index (χ1n) is 9.13. The lowest BCUT2D eigenvalue weighted by molar-refractivity contribution is 0.310. The summed E-state index contributed by atoms with van der Waals surface area (Å²) in [5.41, 5.74) is 2.05. The van der Waals surface area contributed by atoms with Gasteiger partial charge in [-0.15, -0.1) is 0 Å². The van der Waals surface area contributed by atoms with Crippen LogP contribution < -0.4 is 5.56 Å². The molecule has 0 saturated heterocycles. The Morgan fingerprint density at radius 2 is 1.90 bits per heavy atom. The van der Waals surface area contributed by atoms with Crippen LogP contribution in [0, 0.1) is 11.6 Å². The molecular weight excluding hydrogens is 442 g/mol. The van der Waals surface area contributed by atoms with E-state index in [2.05, 4.69) is 21.1 Å². The molecule has 0 fully saturated rings. The van der Waals surface area contributed by atoms with Crippen molar-refractivity contribution in [1.29, 1.82) is 0 Å². The molecule has 3 aromatic rings. The second-order valence-electron chi connectivity index (χ2n) is 6.95. The van der Waals surface area contributed by atoms with Gasteiger partial charge in [-0.3, -0.25) is 4.79 Å². The number of rotatable bonds is 3. The highest BCUT2D eigenvalue weighted by atomic mass is 79.9. The normalized spacial score (nSPS) is 17.3. The standard InChI is InChI=1S/C22H17BrF2N2O2/c23-18-9-7-16-8-10-19(26-29)20(27(16)22(18)28)12-14-4-2-6-17(21(14)25)13-3-1-5-15(24)11-13/h1-7,9,11,20,29H,8,10,12H2/b26-19+. The SMILES string of the molecule is O=c1c(Br)ccc2n1C(Cc1cccc(-c3cccc(F)c3)c1F)/C(=N/O)CC2. The summed E-state index contributed by atoms with van der Waals surface area (Å²) in [4.78, 5) is 12.7. The highest BCUT2D eigenvalue weighted by Crippen LogP contribution is 2.30. The average molecular weight is 459 g/mol. The second kappa shape index (κ2) is 7.91. The van der Waals surface area contributed by atoms with Crippen molar-refractivity contribution in [3.8, 4) is 11.1 Å². The largest absolute Gasteiger partial charge is 0.411 e. The van der Waals surface area contributed by atoms with Crippen LogP contribution in [-0.2, 0) is 12.8 Å². The molecule has 1 N–H and O–H groups in total. The lowest BCUT2D eigenvalue weighted by Crippen LogP contribution is -2.38. The number of nitrogens with zero attached hydrogens (tertiary/aromatic N) is 2. The molecule has 1 atom stereocenters. The van der Waals surface area contributed by atoms with Gasteiger partial charge in [0.1, 0.15) is 11.6 Å². The van der Waals surface area contributed by atoms with Crippen LogP contribution in [0.1, 0.15) is 23.7 Å². The summed E-state index contributed by atoms with van der Waals surface area (Å²) in [5, 5.41) is 12.9. The van der Waals surface area contributed by atoms with E-state index in [4.69, 9.17) is 0 Å². The summed E-state index contributed by atoms with van der Waals surface area (Å²) in [5.74, 6) is -0.926. The van der Waals surface area contributed by atoms with E-state index < -0.39 is 17.7 Å². The van der Waals surface area contributed by atoms with Gasteiger partial charge < -0.3 is 9.77 Å². The number of aryl methyl sites for hydroxylation is 1. The van der Waals surface area contributed by atoms with Gasteiger partial charge in [-0.2, -0.15) is 0 Å². The highest BCUT2D eigenvalue weighted by molar-refractivity contribution is 9.10. The van der Waals surface area contributed by atoms with Crippen molar-refractivity contribution in [1.82, 2.24) is 4.57 Å². The van der Waals surface area contributed by atoms with E-state index in [1.165, 1.54) is 18.2 Å². The zero-order valence-corrected chi connectivity index (χ0v) is 16.9. The van der Waals surface area contributed by atoms with E-state index in [-0.39, 0.29) is 17.5 Å². The van der Waals surface area contributed by atoms with Crippen molar-refractivity contribution in [3.63, 3.8) is 0 Å². The monoisotopic (exact) mass is 458 g/mol. The Labute approximate surface area is 174 Å². The Morgan fingerprint density at radius 1 is 1.10 bits per heavy atom. The molecule has 0 amide bonds. The van der Waals surface area contributed by atoms with Gasteiger partial charge in [-0.25, -0.2) is 8.78 Å². The molecule has 148 valence electrons. The maximum Gasteiger partial charge on any atom is 0.265 e. The van der Waals surface area contributed by atoms with Crippen molar-refractivity contribution in [2.45, 2.75) is 25.3 Å². The summed E-state index contributed by atoms with van der Waals surface area (Å²) in [6, 6.07) is 13.6. The van der Waals surface area contributed by atoms with Crippen LogP contribution in [0.5, 0.6) is 0 Å². The average Bonchev–Trinajstić information content (AvgIpc) is 2.72. The zero-order valence-electron chi connectivity index (χ0n) is 15.3. The smallest absolute Gasteiger partial charge is 0.265 e. The van der Waals surface area contributed by atoms with Gasteiger partial charge in [0.15, 0.2) is 0 Å². The quantitative estimate of drug-likeness (QED) is 0.437. The van der Waals surface area contributed by atoms with Gasteiger partial charge in [0.25, 0.3) is 5.56 Å². The number of oxime groups is 1. The first kappa shape index (κ1) is 19.5. The summed E-state index contributed by atoms with van der Waals surface area (Å²) in [7, 11) is 0. The molecule has 2 aromatic carbocycles. The van der Waals surface area contributed by atoms with Crippen molar-refractivity contribution in [2.75, 3.05) is 0 Å². The Morgan fingerprint density at radius 3 is 2.66 bits per heavy atom. The fraction of sp³-hybridized carbons (Fsp3) is 0.182. The summed E-state index contributed by atoms with van der Waals surface area (Å²) in [6.07, 6.45) is 1.18. The van der Waals surface area contributed by atoms with Gasteiger partial charge in [0.05, 0.1) is 16.2 Å². The van der Waals surface area contributed by atoms with Crippen molar-refractivity contribution in [3.05, 3.63) is 92.3 Å². The van der Waals surface area contributed by atoms with E-state index in [0.29, 0.717) is 34.2 Å². The number of benzene rings is 2. The molecule has 29 heavy (non-hydrogen) atoms. The molecule has 4 rings (SSSR count). The molecule has 0 aliphatic carbocycles. The van der Waals surface area contributed by atoms with Gasteiger partial charge >= 0.3 is 0 Å². The third-order valence-corrected chi connectivity index (χ3v) is 5.85. The molecule has 1 aliphatic heterocycles. The lowest BCUT2D eigenvalue weighted by Gasteiger charge is -2.29. The van der Waals surface area contributed by atoms with Crippen LogP contribution >= 0.6 is 15.9 Å². The predicted molar refractivity (Wildman–Crippen MR) is 110 cm³/mol. The topological polar surface area (TPSA) is 54.6 Å². The first-order valence-corrected chi connectivity index (χ1v) is 9.93. The summed E-state index contributed by atoms with van der Waals surface area (Å²) in [6.45, 7) is 0. The molecule has 1 aliphatic rings. The number of aromatic nitrogens is 1. The molecule has 0 saturated carbocycles. The van der Waals surface area contributed by atoms with Gasteiger partial charge in [-0.1, -0.05) is 35.5 Å². The van der Waals surface area contributed by atoms with Crippen LogP contribution in [0.15, 0.2) is 69.0 Å². The number of hydrogen-bond acceptors (Lipinski definition) is 3. The van der Waals surface area contributed by atoms with Crippen molar-refractivity contribution in [2.24, 2.45) is 5.16 Å². The van der Waals surface area contributed by atoms with E-state index in [1.807, 2.05) is 6.07 Å². The number of pyridine rings is 1. The Hall–Kier alpha value is -2.80. The number of fused-ring (bicyclic) bond motifs is 1. The maximum atomic E-state index is 15.3. The van der Waals surface area contributed by atoms with E-state index in [0.717, 1.165) is 5.69 Å². The first-order chi connectivity index (χ1) is 14.0. The molecule has 1 aromatic heterocycles. The molecule has 0 radical (unpaired) electrons. The van der Waals surface area contributed by atoms with Crippen molar-refractivity contribution >= 4 is 21.6 Å². The Kier molecular flexibility index (Phi) is 5.32. The molecule has 0 spiro atoms. The highest BCUT2D eigenvalue weighted by Gasteiger charge is 2.29. The minimum Gasteiger partial charge on any atom is -0.411 e. The maximum absolute atomic E-state index is 15.3. The summed E-state index contributed by atoms with van der Waals surface area (Å²) < 4.78 is 30.8. The Balaban J connectivity index is 1.80. The zero-order chi connectivity index (χ0) is 20.5. The Bertz CT molecular complexity index is 1170. The third-order valence-electron chi connectivity index (χ3n) is 5.24. The van der Waals surface area contributed by atoms with Gasteiger partial charge in [0, 0.05) is 17.7 Å². The van der Waals surface area contributed by atoms with Crippen molar-refractivity contribution < 1.29 is 14.0 Å². The van der Waals surface area contributed by atoms with Gasteiger partial charge in [0.2, 0.25) is 0 Å². The molecule has 1 unspecified atom stereocenters. The minimum absolute atomic E-state index is 0.137. The molecule has 4 nitrogen and oxygen atoms in total. The van der Waals surface area contributed by atoms with Gasteiger partial charge in [-0.05, 0) is 64.2 Å². The van der Waals surface area contributed by atoms with E-state index in [1.54, 1.807) is 34.9 Å². The van der Waals surface area contributed by atoms with Crippen LogP contribution in [-0.4, -0.2) is 15.5 Å². The number of hydrogen-bond donors (Lipinski definition) is 1. The fourth-order valence-electron chi connectivity index (χ4n) is 3.83. The third kappa shape index (κ3) is 3.62. The van der Waals surface area contributed by atoms with E-state index >= 15 is 4.39 Å². The van der Waals surface area contributed by atoms with Crippen LogP contribution in [0.25, 0.3) is 11.1 Å². The van der Waals surface area contributed by atoms with Crippen LogP contribution in [0.2, 0.25) is 0 Å². The minimum atomic E-state index is -0.606. The predicted octanol–water partition coefficient (Wildman–Crippen LogP) is 5.12. The van der Waals surface area contributed by atoms with Crippen LogP contribution in [0.3, 0.4) is 0 Å². The fourth-order valence-corrected chi connectivity index (χ4v) is 4.16. The second-order valence-corrected chi connectivity index (χ2v) is 7.80. The van der Waals surface area contributed by atoms with E-state index in [9.17, 15) is 14.4 Å². The molecular formula is C22H17BrF2N2O2. The number of halogens is 3.